The topological polar surface area (TPSA) is 57.2 Å². The van der Waals surface area contributed by atoms with Crippen LogP contribution in [0.4, 0.5) is 0 Å². The van der Waals surface area contributed by atoms with Crippen LogP contribution in [0.2, 0.25) is 0 Å². The molecule has 0 aromatic heterocycles. The molecule has 2 aromatic carbocycles. The van der Waals surface area contributed by atoms with Crippen LogP contribution >= 0.6 is 0 Å². The largest absolute Gasteiger partial charge is 0.545 e. The number of carboxylic acids is 1. The summed E-state index contributed by atoms with van der Waals surface area (Å²) >= 11 is 0. The fourth-order valence-corrected chi connectivity index (χ4v) is 1.58. The predicted molar refractivity (Wildman–Crippen MR) is 61.6 cm³/mol. The third kappa shape index (κ3) is 2.39. The zero-order valence-electron chi connectivity index (χ0n) is 8.92. The van der Waals surface area contributed by atoms with Crippen LogP contribution in [0.25, 0.3) is 11.1 Å². The van der Waals surface area contributed by atoms with Gasteiger partial charge in [0.2, 0.25) is 0 Å². The maximum absolute atomic E-state index is 10.7. The molecular weight excluding hydrogens is 216 g/mol. The Balaban J connectivity index is 2.41. The van der Waals surface area contributed by atoms with E-state index in [0.29, 0.717) is 5.56 Å². The number of benzene rings is 2. The Labute approximate surface area is 98.3 Å². The van der Waals surface area contributed by atoms with E-state index in [1.807, 2.05) is 6.07 Å². The van der Waals surface area contributed by atoms with Gasteiger partial charge in [-0.1, -0.05) is 42.5 Å². The van der Waals surface area contributed by atoms with E-state index >= 15 is 0 Å². The quantitative estimate of drug-likeness (QED) is 0.744. The van der Waals surface area contributed by atoms with Crippen LogP contribution in [-0.4, -0.2) is 12.3 Å². The van der Waals surface area contributed by atoms with Crippen LogP contribution in [0.1, 0.15) is 20.7 Å². The van der Waals surface area contributed by atoms with Crippen molar-refractivity contribution in [2.45, 2.75) is 0 Å². The highest BCUT2D eigenvalue weighted by atomic mass is 16.4. The standard InChI is InChI=1S/C14H10O3/c15-9-10-4-6-11(7-5-10)12-2-1-3-13(8-12)14(16)17/h1-9H,(H,16,17)/p-1. The van der Waals surface area contributed by atoms with Crippen LogP contribution < -0.4 is 5.11 Å². The molecule has 0 radical (unpaired) electrons. The van der Waals surface area contributed by atoms with Gasteiger partial charge in [-0.05, 0) is 22.8 Å². The summed E-state index contributed by atoms with van der Waals surface area (Å²) in [7, 11) is 0. The number of aldehydes is 1. The van der Waals surface area contributed by atoms with E-state index in [-0.39, 0.29) is 5.56 Å². The molecule has 0 aliphatic carbocycles. The molecule has 0 fully saturated rings. The van der Waals surface area contributed by atoms with E-state index in [2.05, 4.69) is 0 Å². The van der Waals surface area contributed by atoms with Gasteiger partial charge in [-0.2, -0.15) is 0 Å². The van der Waals surface area contributed by atoms with Crippen LogP contribution in [0.15, 0.2) is 48.5 Å². The van der Waals surface area contributed by atoms with Gasteiger partial charge < -0.3 is 9.90 Å². The lowest BCUT2D eigenvalue weighted by Crippen LogP contribution is -2.22. The summed E-state index contributed by atoms with van der Waals surface area (Å²) in [5, 5.41) is 10.7. The first-order valence-corrected chi connectivity index (χ1v) is 5.08. The highest BCUT2D eigenvalue weighted by Gasteiger charge is 2.00. The minimum atomic E-state index is -1.20. The van der Waals surface area contributed by atoms with Crippen LogP contribution in [0, 0.1) is 0 Å². The maximum Gasteiger partial charge on any atom is 0.150 e. The highest BCUT2D eigenvalue weighted by Crippen LogP contribution is 2.20. The highest BCUT2D eigenvalue weighted by molar-refractivity contribution is 5.88. The van der Waals surface area contributed by atoms with Gasteiger partial charge in [-0.25, -0.2) is 0 Å². The van der Waals surface area contributed by atoms with Gasteiger partial charge in [0.15, 0.2) is 0 Å². The molecule has 0 amide bonds. The first kappa shape index (κ1) is 11.1. The van der Waals surface area contributed by atoms with Crippen molar-refractivity contribution in [3.63, 3.8) is 0 Å². The molecule has 2 aromatic rings. The molecule has 0 heterocycles. The third-order valence-electron chi connectivity index (χ3n) is 2.48. The van der Waals surface area contributed by atoms with Crippen molar-refractivity contribution in [2.24, 2.45) is 0 Å². The summed E-state index contributed by atoms with van der Waals surface area (Å²) in [5.74, 6) is -1.20. The van der Waals surface area contributed by atoms with Crippen molar-refractivity contribution in [3.05, 3.63) is 59.7 Å². The van der Waals surface area contributed by atoms with Gasteiger partial charge in [-0.3, -0.25) is 4.79 Å². The van der Waals surface area contributed by atoms with E-state index in [1.54, 1.807) is 36.4 Å². The van der Waals surface area contributed by atoms with E-state index in [1.165, 1.54) is 6.07 Å². The molecule has 0 aliphatic rings. The van der Waals surface area contributed by atoms with Gasteiger partial charge in [0.05, 0.1) is 5.97 Å². The SMILES string of the molecule is O=Cc1ccc(-c2cccc(C(=O)[O-])c2)cc1. The predicted octanol–water partition coefficient (Wildman–Crippen LogP) is 1.53. The van der Waals surface area contributed by atoms with Crippen LogP contribution in [0.3, 0.4) is 0 Å². The zero-order chi connectivity index (χ0) is 12.3. The average molecular weight is 225 g/mol. The number of rotatable bonds is 3. The van der Waals surface area contributed by atoms with Crippen molar-refractivity contribution >= 4 is 12.3 Å². The van der Waals surface area contributed by atoms with Gasteiger partial charge in [0, 0.05) is 5.56 Å². The molecule has 0 spiro atoms. The molecule has 0 N–H and O–H groups in total. The Kier molecular flexibility index (Phi) is 3.01. The number of carboxylic acid groups (broad SMARTS) is 1. The minimum absolute atomic E-state index is 0.141. The molecule has 84 valence electrons. The molecular formula is C14H9O3-. The lowest BCUT2D eigenvalue weighted by Gasteiger charge is -2.06. The van der Waals surface area contributed by atoms with Crippen molar-refractivity contribution in [1.29, 1.82) is 0 Å². The maximum atomic E-state index is 10.7. The Hall–Kier alpha value is -2.42. The first-order valence-electron chi connectivity index (χ1n) is 5.08. The summed E-state index contributed by atoms with van der Waals surface area (Å²) in [4.78, 5) is 21.2. The van der Waals surface area contributed by atoms with Crippen molar-refractivity contribution < 1.29 is 14.7 Å². The Morgan fingerprint density at radius 3 is 2.29 bits per heavy atom. The summed E-state index contributed by atoms with van der Waals surface area (Å²) in [6.45, 7) is 0. The van der Waals surface area contributed by atoms with Crippen LogP contribution in [-0.2, 0) is 0 Å². The summed E-state index contributed by atoms with van der Waals surface area (Å²) in [5.41, 5.74) is 2.37. The molecule has 0 bridgehead atoms. The molecule has 0 saturated heterocycles. The second kappa shape index (κ2) is 4.61. The number of aromatic carboxylic acids is 1. The Morgan fingerprint density at radius 2 is 1.71 bits per heavy atom. The molecule has 0 unspecified atom stereocenters. The monoisotopic (exact) mass is 225 g/mol. The fraction of sp³-hybridized carbons (Fsp3) is 0. The van der Waals surface area contributed by atoms with Gasteiger partial charge in [-0.15, -0.1) is 0 Å². The average Bonchev–Trinajstić information content (AvgIpc) is 2.39. The minimum Gasteiger partial charge on any atom is -0.545 e. The molecule has 0 aliphatic heterocycles. The van der Waals surface area contributed by atoms with Crippen molar-refractivity contribution in [3.8, 4) is 11.1 Å². The summed E-state index contributed by atoms with van der Waals surface area (Å²) in [6, 6.07) is 13.4. The molecule has 2 rings (SSSR count). The summed E-state index contributed by atoms with van der Waals surface area (Å²) < 4.78 is 0. The van der Waals surface area contributed by atoms with E-state index in [4.69, 9.17) is 0 Å². The molecule has 0 saturated carbocycles. The van der Waals surface area contributed by atoms with Crippen LogP contribution in [0.5, 0.6) is 0 Å². The Morgan fingerprint density at radius 1 is 1.00 bits per heavy atom. The lowest BCUT2D eigenvalue weighted by atomic mass is 10.0. The number of carbonyl (C=O) groups is 2. The van der Waals surface area contributed by atoms with E-state index in [0.717, 1.165) is 17.4 Å². The van der Waals surface area contributed by atoms with E-state index < -0.39 is 5.97 Å². The van der Waals surface area contributed by atoms with E-state index in [9.17, 15) is 14.7 Å². The summed E-state index contributed by atoms with van der Waals surface area (Å²) in [6.07, 6.45) is 0.765. The normalized spacial score (nSPS) is 9.88. The fourth-order valence-electron chi connectivity index (χ4n) is 1.58. The molecule has 3 heteroatoms. The van der Waals surface area contributed by atoms with Gasteiger partial charge >= 0.3 is 0 Å². The van der Waals surface area contributed by atoms with Gasteiger partial charge in [0.25, 0.3) is 0 Å². The second-order valence-electron chi connectivity index (χ2n) is 3.61. The number of hydrogen-bond acceptors (Lipinski definition) is 3. The third-order valence-corrected chi connectivity index (χ3v) is 2.48. The van der Waals surface area contributed by atoms with Crippen molar-refractivity contribution in [2.75, 3.05) is 0 Å². The molecule has 0 atom stereocenters. The molecule has 17 heavy (non-hydrogen) atoms. The first-order chi connectivity index (χ1) is 8.20. The van der Waals surface area contributed by atoms with Crippen molar-refractivity contribution in [1.82, 2.24) is 0 Å². The Bertz CT molecular complexity index is 556. The number of hydrogen-bond donors (Lipinski definition) is 0. The van der Waals surface area contributed by atoms with Gasteiger partial charge in [0.1, 0.15) is 6.29 Å². The zero-order valence-corrected chi connectivity index (χ0v) is 8.92. The smallest absolute Gasteiger partial charge is 0.150 e. The number of carbonyl (C=O) groups excluding carboxylic acids is 2. The lowest BCUT2D eigenvalue weighted by molar-refractivity contribution is -0.255. The molecule has 3 nitrogen and oxygen atoms in total. The second-order valence-corrected chi connectivity index (χ2v) is 3.61.